The summed E-state index contributed by atoms with van der Waals surface area (Å²) in [5.74, 6) is 2.48. The second-order valence-corrected chi connectivity index (χ2v) is 8.39. The van der Waals surface area contributed by atoms with Gasteiger partial charge in [0, 0.05) is 0 Å². The van der Waals surface area contributed by atoms with Gasteiger partial charge in [0.1, 0.15) is 5.75 Å². The molecule has 3 atom stereocenters. The van der Waals surface area contributed by atoms with Crippen molar-refractivity contribution in [1.82, 2.24) is 0 Å². The zero-order valence-electron chi connectivity index (χ0n) is 13.4. The molecule has 0 saturated heterocycles. The zero-order valence-corrected chi connectivity index (χ0v) is 14.2. The van der Waals surface area contributed by atoms with E-state index in [4.69, 9.17) is 9.32 Å². The van der Waals surface area contributed by atoms with Gasteiger partial charge in [-0.1, -0.05) is 17.2 Å². The average molecular weight is 333 g/mol. The van der Waals surface area contributed by atoms with Gasteiger partial charge in [-0.15, -0.1) is 0 Å². The largest absolute Gasteiger partial charge is 0.380 e. The van der Waals surface area contributed by atoms with Gasteiger partial charge in [0.05, 0.1) is 0 Å². The lowest BCUT2D eigenvalue weighted by atomic mass is 9.62. The Kier molecular flexibility index (Phi) is 3.54. The highest BCUT2D eigenvalue weighted by Gasteiger charge is 2.42. The van der Waals surface area contributed by atoms with Gasteiger partial charge in [-0.05, 0) is 86.5 Å². The van der Waals surface area contributed by atoms with Gasteiger partial charge in [0.25, 0.3) is 0 Å². The summed E-state index contributed by atoms with van der Waals surface area (Å²) in [6.07, 6.45) is 7.24. The molecule has 0 bridgehead atoms. The Balaban J connectivity index is 1.64. The van der Waals surface area contributed by atoms with Crippen LogP contribution in [0.15, 0.2) is 29.3 Å². The number of allylic oxidation sites excluding steroid dienone is 2. The summed E-state index contributed by atoms with van der Waals surface area (Å²) < 4.78 is 27.0. The van der Waals surface area contributed by atoms with Crippen molar-refractivity contribution in [1.29, 1.82) is 0 Å². The monoisotopic (exact) mass is 333 g/mol. The normalized spacial score (nSPS) is 29.7. The van der Waals surface area contributed by atoms with Crippen molar-refractivity contribution in [3.05, 3.63) is 40.5 Å². The van der Waals surface area contributed by atoms with Crippen molar-refractivity contribution >= 4 is 10.3 Å². The number of hydrogen-bond donors (Lipinski definition) is 1. The molecule has 3 aliphatic carbocycles. The van der Waals surface area contributed by atoms with Crippen LogP contribution < -0.4 is 9.32 Å². The van der Waals surface area contributed by atoms with Gasteiger partial charge < -0.3 is 4.18 Å². The summed E-state index contributed by atoms with van der Waals surface area (Å²) in [5, 5.41) is 4.97. The molecular weight excluding hydrogens is 310 g/mol. The van der Waals surface area contributed by atoms with Crippen molar-refractivity contribution in [3.8, 4) is 5.75 Å². The molecule has 0 aliphatic heterocycles. The van der Waals surface area contributed by atoms with E-state index >= 15 is 0 Å². The van der Waals surface area contributed by atoms with E-state index in [2.05, 4.69) is 13.0 Å². The quantitative estimate of drug-likeness (QED) is 0.843. The molecule has 0 aromatic heterocycles. The van der Waals surface area contributed by atoms with Crippen LogP contribution in [-0.4, -0.2) is 8.42 Å². The van der Waals surface area contributed by atoms with Crippen LogP contribution in [0.1, 0.15) is 56.1 Å². The first-order chi connectivity index (χ1) is 10.9. The van der Waals surface area contributed by atoms with Gasteiger partial charge in [-0.3, -0.25) is 0 Å². The Morgan fingerprint density at radius 1 is 1.09 bits per heavy atom. The Morgan fingerprint density at radius 3 is 2.65 bits per heavy atom. The smallest absolute Gasteiger partial charge is 0.371 e. The fourth-order valence-electron chi connectivity index (χ4n) is 5.16. The summed E-state index contributed by atoms with van der Waals surface area (Å²) >= 11 is 0. The highest BCUT2D eigenvalue weighted by Crippen LogP contribution is 2.54. The second kappa shape index (κ2) is 5.35. The molecule has 0 heterocycles. The standard InChI is InChI=1S/C18H23NO3S/c1-11-2-5-16-14(11)8-9-17-15-7-4-13(22-23(19,20)21)10-12(15)3-6-18(16)17/h4,7,10,16-18H,2-3,5-6,8-9H2,1H3,(H2,19,20,21). The highest BCUT2D eigenvalue weighted by atomic mass is 32.2. The van der Waals surface area contributed by atoms with Crippen LogP contribution >= 0.6 is 0 Å². The van der Waals surface area contributed by atoms with Crippen LogP contribution in [0.25, 0.3) is 0 Å². The van der Waals surface area contributed by atoms with E-state index in [0.29, 0.717) is 11.7 Å². The van der Waals surface area contributed by atoms with Crippen molar-refractivity contribution in [2.24, 2.45) is 17.0 Å². The molecule has 4 rings (SSSR count). The maximum absolute atomic E-state index is 11.1. The molecule has 124 valence electrons. The summed E-state index contributed by atoms with van der Waals surface area (Å²) in [6.45, 7) is 2.31. The number of rotatable bonds is 2. The lowest BCUT2D eigenvalue weighted by Gasteiger charge is -2.42. The third kappa shape index (κ3) is 2.70. The van der Waals surface area contributed by atoms with E-state index in [1.165, 1.54) is 43.2 Å². The first kappa shape index (κ1) is 15.2. The summed E-state index contributed by atoms with van der Waals surface area (Å²) in [7, 11) is -3.95. The summed E-state index contributed by atoms with van der Waals surface area (Å²) in [5.41, 5.74) is 6.00. The van der Waals surface area contributed by atoms with Crippen LogP contribution in [0, 0.1) is 11.8 Å². The fourth-order valence-corrected chi connectivity index (χ4v) is 5.53. The molecule has 1 aromatic carbocycles. The minimum absolute atomic E-state index is 0.331. The third-order valence-corrected chi connectivity index (χ3v) is 6.48. The molecule has 3 aliphatic rings. The third-order valence-electron chi connectivity index (χ3n) is 6.06. The molecule has 0 amide bonds. The lowest BCUT2D eigenvalue weighted by Crippen LogP contribution is -2.31. The van der Waals surface area contributed by atoms with Gasteiger partial charge in [-0.25, -0.2) is 0 Å². The summed E-state index contributed by atoms with van der Waals surface area (Å²) in [4.78, 5) is 0. The van der Waals surface area contributed by atoms with Crippen molar-refractivity contribution in [3.63, 3.8) is 0 Å². The molecule has 1 saturated carbocycles. The minimum Gasteiger partial charge on any atom is -0.371 e. The molecule has 1 aromatic rings. The predicted molar refractivity (Wildman–Crippen MR) is 89.4 cm³/mol. The minimum atomic E-state index is -3.95. The molecule has 2 N–H and O–H groups in total. The van der Waals surface area contributed by atoms with E-state index in [9.17, 15) is 8.42 Å². The Labute approximate surface area is 138 Å². The fraction of sp³-hybridized carbons (Fsp3) is 0.556. The Morgan fingerprint density at radius 2 is 1.87 bits per heavy atom. The summed E-state index contributed by atoms with van der Waals surface area (Å²) in [6, 6.07) is 5.67. The van der Waals surface area contributed by atoms with E-state index in [0.717, 1.165) is 18.3 Å². The van der Waals surface area contributed by atoms with Gasteiger partial charge in [0.15, 0.2) is 0 Å². The molecular formula is C18H23NO3S. The molecule has 3 unspecified atom stereocenters. The molecule has 0 radical (unpaired) electrons. The van der Waals surface area contributed by atoms with Crippen molar-refractivity contribution < 1.29 is 12.6 Å². The van der Waals surface area contributed by atoms with Gasteiger partial charge >= 0.3 is 10.3 Å². The molecule has 4 nitrogen and oxygen atoms in total. The first-order valence-electron chi connectivity index (χ1n) is 8.46. The number of aryl methyl sites for hydroxylation is 1. The Hall–Kier alpha value is -1.33. The highest BCUT2D eigenvalue weighted by molar-refractivity contribution is 7.84. The van der Waals surface area contributed by atoms with Gasteiger partial charge in [0.2, 0.25) is 0 Å². The number of benzene rings is 1. The van der Waals surface area contributed by atoms with E-state index < -0.39 is 10.3 Å². The topological polar surface area (TPSA) is 69.4 Å². The van der Waals surface area contributed by atoms with Crippen LogP contribution in [-0.2, 0) is 16.7 Å². The SMILES string of the molecule is CC1=C2CCC3c4ccc(OS(N)(=O)=O)cc4CCC3C2CC1. The maximum atomic E-state index is 11.1. The van der Waals surface area contributed by atoms with Crippen LogP contribution in [0.3, 0.4) is 0 Å². The van der Waals surface area contributed by atoms with Crippen LogP contribution in [0.5, 0.6) is 5.75 Å². The zero-order chi connectivity index (χ0) is 16.2. The maximum Gasteiger partial charge on any atom is 0.380 e. The second-order valence-electron chi connectivity index (χ2n) is 7.24. The van der Waals surface area contributed by atoms with Gasteiger partial charge in [-0.2, -0.15) is 13.6 Å². The van der Waals surface area contributed by atoms with E-state index in [-0.39, 0.29) is 0 Å². The van der Waals surface area contributed by atoms with Crippen LogP contribution in [0.4, 0.5) is 0 Å². The number of hydrogen-bond acceptors (Lipinski definition) is 3. The van der Waals surface area contributed by atoms with Crippen molar-refractivity contribution in [2.45, 2.75) is 51.4 Å². The lowest BCUT2D eigenvalue weighted by molar-refractivity contribution is 0.233. The number of fused-ring (bicyclic) bond motifs is 5. The molecule has 1 fully saturated rings. The first-order valence-corrected chi connectivity index (χ1v) is 9.93. The molecule has 5 heteroatoms. The Bertz CT molecular complexity index is 781. The van der Waals surface area contributed by atoms with Crippen molar-refractivity contribution in [2.75, 3.05) is 0 Å². The van der Waals surface area contributed by atoms with Crippen LogP contribution in [0.2, 0.25) is 0 Å². The number of nitrogens with two attached hydrogens (primary N) is 1. The molecule has 0 spiro atoms. The van der Waals surface area contributed by atoms with E-state index in [1.54, 1.807) is 17.2 Å². The molecule has 23 heavy (non-hydrogen) atoms. The predicted octanol–water partition coefficient (Wildman–Crippen LogP) is 3.44. The average Bonchev–Trinajstić information content (AvgIpc) is 2.86. The van der Waals surface area contributed by atoms with E-state index in [1.807, 2.05) is 6.07 Å².